The zero-order chi connectivity index (χ0) is 44.5. The summed E-state index contributed by atoms with van der Waals surface area (Å²) >= 11 is 0. The molecule has 0 aliphatic heterocycles. The Labute approximate surface area is 389 Å². The Balaban J connectivity index is 1.08. The largest absolute Gasteiger partial charge is 0.309 e. The predicted octanol–water partition coefficient (Wildman–Crippen LogP) is 15.7. The molecule has 0 amide bonds. The lowest BCUT2D eigenvalue weighted by Crippen LogP contribution is -2.00. The van der Waals surface area contributed by atoms with Gasteiger partial charge in [-0.25, -0.2) is 19.9 Å². The number of aromatic nitrogens is 5. The highest BCUT2D eigenvalue weighted by Crippen LogP contribution is 2.38. The molecule has 12 aromatic rings. The van der Waals surface area contributed by atoms with Crippen molar-refractivity contribution in [2.45, 2.75) is 0 Å². The summed E-state index contributed by atoms with van der Waals surface area (Å²) in [7, 11) is 0. The van der Waals surface area contributed by atoms with Crippen LogP contribution < -0.4 is 0 Å². The van der Waals surface area contributed by atoms with Gasteiger partial charge in [0.2, 0.25) is 0 Å². The van der Waals surface area contributed by atoms with Gasteiger partial charge in [-0.2, -0.15) is 0 Å². The average molecular weight is 856 g/mol. The van der Waals surface area contributed by atoms with Gasteiger partial charge < -0.3 is 4.57 Å². The third-order valence-electron chi connectivity index (χ3n) is 12.4. The van der Waals surface area contributed by atoms with Gasteiger partial charge in [0.25, 0.3) is 0 Å². The standard InChI is InChI=1S/C62H41N5/c1-5-17-42(18-6-1)44-29-33-46(34-30-44)55-40-57(65-61(63-55)48-21-9-3-10-22-48)50-37-51(39-52(38-50)67-59-27-15-13-25-53(59)54-26-14-16-28-60(54)67)58-41-56(64-62(66-58)49-23-11-4-12-24-49)47-35-31-45(32-36-47)43-19-7-2-8-20-43/h1-41H. The monoisotopic (exact) mass is 855 g/mol. The summed E-state index contributed by atoms with van der Waals surface area (Å²) in [6.45, 7) is 0. The number of para-hydroxylation sites is 2. The second-order valence-corrected chi connectivity index (χ2v) is 16.7. The Bertz CT molecular complexity index is 3460. The Morgan fingerprint density at radius 2 is 0.522 bits per heavy atom. The summed E-state index contributed by atoms with van der Waals surface area (Å²) < 4.78 is 2.36. The molecule has 5 heteroatoms. The predicted molar refractivity (Wildman–Crippen MR) is 275 cm³/mol. The molecule has 0 spiro atoms. The van der Waals surface area contributed by atoms with Crippen LogP contribution in [0.15, 0.2) is 249 Å². The van der Waals surface area contributed by atoms with E-state index in [1.54, 1.807) is 0 Å². The van der Waals surface area contributed by atoms with Crippen molar-refractivity contribution in [1.29, 1.82) is 0 Å². The molecular weight excluding hydrogens is 815 g/mol. The SMILES string of the molecule is c1ccc(-c2ccc(-c3cc(-c4cc(-c5cc(-c6ccc(-c7ccccc7)cc6)nc(-c6ccccc6)n5)cc(-n5c6ccccc6c6ccccc65)c4)nc(-c4ccccc4)n3)cc2)cc1. The van der Waals surface area contributed by atoms with Crippen molar-refractivity contribution in [1.82, 2.24) is 24.5 Å². The fourth-order valence-electron chi connectivity index (χ4n) is 9.08. The highest BCUT2D eigenvalue weighted by Gasteiger charge is 2.19. The van der Waals surface area contributed by atoms with Crippen molar-refractivity contribution in [3.63, 3.8) is 0 Å². The number of fused-ring (bicyclic) bond motifs is 3. The molecule has 314 valence electrons. The van der Waals surface area contributed by atoms with E-state index in [-0.39, 0.29) is 0 Å². The summed E-state index contributed by atoms with van der Waals surface area (Å²) in [6.07, 6.45) is 0. The fraction of sp³-hybridized carbons (Fsp3) is 0. The molecule has 9 aromatic carbocycles. The minimum Gasteiger partial charge on any atom is -0.309 e. The van der Waals surface area contributed by atoms with Crippen LogP contribution in [0.4, 0.5) is 0 Å². The van der Waals surface area contributed by atoms with E-state index in [4.69, 9.17) is 19.9 Å². The van der Waals surface area contributed by atoms with Gasteiger partial charge in [0.15, 0.2) is 11.6 Å². The first-order chi connectivity index (χ1) is 33.2. The maximum Gasteiger partial charge on any atom is 0.160 e. The van der Waals surface area contributed by atoms with Crippen LogP contribution in [0.5, 0.6) is 0 Å². The molecule has 0 unspecified atom stereocenters. The molecule has 0 atom stereocenters. The highest BCUT2D eigenvalue weighted by molar-refractivity contribution is 6.09. The lowest BCUT2D eigenvalue weighted by atomic mass is 9.99. The van der Waals surface area contributed by atoms with Crippen LogP contribution in [0, 0.1) is 0 Å². The lowest BCUT2D eigenvalue weighted by molar-refractivity contribution is 1.16. The maximum absolute atomic E-state index is 5.36. The Hall–Kier alpha value is -9.06. The lowest BCUT2D eigenvalue weighted by Gasteiger charge is -2.16. The summed E-state index contributed by atoms with van der Waals surface area (Å²) in [4.78, 5) is 21.1. The van der Waals surface area contributed by atoms with Crippen molar-refractivity contribution in [2.75, 3.05) is 0 Å². The molecule has 3 aromatic heterocycles. The van der Waals surface area contributed by atoms with Crippen LogP contribution >= 0.6 is 0 Å². The van der Waals surface area contributed by atoms with Gasteiger partial charge in [-0.3, -0.25) is 0 Å². The first-order valence-electron chi connectivity index (χ1n) is 22.5. The van der Waals surface area contributed by atoms with E-state index in [1.807, 2.05) is 48.5 Å². The van der Waals surface area contributed by atoms with Gasteiger partial charge in [-0.15, -0.1) is 0 Å². The minimum absolute atomic E-state index is 0.652. The molecule has 5 nitrogen and oxygen atoms in total. The van der Waals surface area contributed by atoms with Crippen LogP contribution in [0.3, 0.4) is 0 Å². The minimum atomic E-state index is 0.652. The molecule has 3 heterocycles. The second kappa shape index (κ2) is 17.1. The Kier molecular flexibility index (Phi) is 10.1. The van der Waals surface area contributed by atoms with Crippen molar-refractivity contribution in [3.05, 3.63) is 249 Å². The van der Waals surface area contributed by atoms with Crippen molar-refractivity contribution < 1.29 is 0 Å². The molecule has 0 saturated heterocycles. The smallest absolute Gasteiger partial charge is 0.160 e. The number of nitrogens with zero attached hydrogens (tertiary/aromatic N) is 5. The van der Waals surface area contributed by atoms with Gasteiger partial charge in [-0.1, -0.05) is 206 Å². The molecule has 0 aliphatic rings. The molecule has 0 saturated carbocycles. The second-order valence-electron chi connectivity index (χ2n) is 16.7. The van der Waals surface area contributed by atoms with E-state index in [0.29, 0.717) is 11.6 Å². The van der Waals surface area contributed by atoms with Gasteiger partial charge in [-0.05, 0) is 64.7 Å². The molecule has 67 heavy (non-hydrogen) atoms. The van der Waals surface area contributed by atoms with Gasteiger partial charge >= 0.3 is 0 Å². The van der Waals surface area contributed by atoms with E-state index >= 15 is 0 Å². The normalized spacial score (nSPS) is 11.3. The van der Waals surface area contributed by atoms with E-state index in [2.05, 4.69) is 205 Å². The molecule has 12 rings (SSSR count). The summed E-state index contributed by atoms with van der Waals surface area (Å²) in [5.74, 6) is 1.30. The van der Waals surface area contributed by atoms with Gasteiger partial charge in [0.1, 0.15) is 0 Å². The topological polar surface area (TPSA) is 56.5 Å². The number of hydrogen-bond acceptors (Lipinski definition) is 4. The van der Waals surface area contributed by atoms with Gasteiger partial charge in [0.05, 0.1) is 33.8 Å². The number of hydrogen-bond donors (Lipinski definition) is 0. The van der Waals surface area contributed by atoms with Crippen LogP contribution in [-0.2, 0) is 0 Å². The van der Waals surface area contributed by atoms with Crippen LogP contribution in [0.2, 0.25) is 0 Å². The molecule has 0 fully saturated rings. The third-order valence-corrected chi connectivity index (χ3v) is 12.4. The number of benzene rings is 9. The van der Waals surface area contributed by atoms with Crippen molar-refractivity contribution in [2.24, 2.45) is 0 Å². The number of rotatable bonds is 9. The quantitative estimate of drug-likeness (QED) is 0.145. The van der Waals surface area contributed by atoms with E-state index in [9.17, 15) is 0 Å². The molecule has 0 bridgehead atoms. The van der Waals surface area contributed by atoms with E-state index in [1.165, 1.54) is 21.9 Å². The molecule has 0 radical (unpaired) electrons. The van der Waals surface area contributed by atoms with Crippen molar-refractivity contribution >= 4 is 21.8 Å². The average Bonchev–Trinajstić information content (AvgIpc) is 3.76. The molecule has 0 N–H and O–H groups in total. The third kappa shape index (κ3) is 7.75. The summed E-state index contributed by atoms with van der Waals surface area (Å²) in [5.41, 5.74) is 16.9. The van der Waals surface area contributed by atoms with Crippen LogP contribution in [0.1, 0.15) is 0 Å². The molecule has 0 aliphatic carbocycles. The van der Waals surface area contributed by atoms with Crippen LogP contribution in [0.25, 0.3) is 118 Å². The Morgan fingerprint density at radius 1 is 0.224 bits per heavy atom. The highest BCUT2D eigenvalue weighted by atomic mass is 15.0. The summed E-state index contributed by atoms with van der Waals surface area (Å²) in [5, 5.41) is 2.38. The molecular formula is C62H41N5. The fourth-order valence-corrected chi connectivity index (χ4v) is 9.08. The summed E-state index contributed by atoms with van der Waals surface area (Å²) in [6, 6.07) is 86.9. The van der Waals surface area contributed by atoms with E-state index in [0.717, 1.165) is 84.0 Å². The maximum atomic E-state index is 5.36. The zero-order valence-electron chi connectivity index (χ0n) is 36.4. The van der Waals surface area contributed by atoms with Crippen molar-refractivity contribution in [3.8, 4) is 95.7 Å². The van der Waals surface area contributed by atoms with E-state index < -0.39 is 0 Å². The first-order valence-corrected chi connectivity index (χ1v) is 22.5. The first kappa shape index (κ1) is 39.5. The van der Waals surface area contributed by atoms with Gasteiger partial charge in [0, 0.05) is 49.8 Å². The Morgan fingerprint density at radius 3 is 0.910 bits per heavy atom. The van der Waals surface area contributed by atoms with Crippen LogP contribution in [-0.4, -0.2) is 24.5 Å². The zero-order valence-corrected chi connectivity index (χ0v) is 36.4.